The van der Waals surface area contributed by atoms with Gasteiger partial charge in [-0.3, -0.25) is 4.79 Å². The number of aromatic nitrogens is 3. The van der Waals surface area contributed by atoms with Gasteiger partial charge in [-0.05, 0) is 31.5 Å². The number of aryl methyl sites for hydroxylation is 1. The van der Waals surface area contributed by atoms with Gasteiger partial charge in [0.05, 0.1) is 25.1 Å². The molecule has 1 aromatic carbocycles. The third-order valence-electron chi connectivity index (χ3n) is 2.92. The lowest BCUT2D eigenvalue weighted by Crippen LogP contribution is -2.19. The minimum atomic E-state index is -0.710. The van der Waals surface area contributed by atoms with E-state index in [1.807, 2.05) is 19.1 Å². The van der Waals surface area contributed by atoms with Crippen molar-refractivity contribution < 1.29 is 14.6 Å². The van der Waals surface area contributed by atoms with Gasteiger partial charge < -0.3 is 15.2 Å². The van der Waals surface area contributed by atoms with Crippen LogP contribution >= 0.6 is 0 Å². The summed E-state index contributed by atoms with van der Waals surface area (Å²) in [5.74, 6) is 0.346. The van der Waals surface area contributed by atoms with Crippen LogP contribution in [-0.4, -0.2) is 33.1 Å². The van der Waals surface area contributed by atoms with Gasteiger partial charge in [0.2, 0.25) is 5.91 Å². The highest BCUT2D eigenvalue weighted by atomic mass is 16.5. The van der Waals surface area contributed by atoms with Crippen LogP contribution in [-0.2, 0) is 11.3 Å². The summed E-state index contributed by atoms with van der Waals surface area (Å²) in [5.41, 5.74) is 2.05. The highest BCUT2D eigenvalue weighted by Crippen LogP contribution is 2.25. The van der Waals surface area contributed by atoms with E-state index in [0.717, 1.165) is 5.56 Å². The van der Waals surface area contributed by atoms with Crippen LogP contribution < -0.4 is 10.1 Å². The summed E-state index contributed by atoms with van der Waals surface area (Å²) < 4.78 is 6.58. The number of nitrogens with one attached hydrogen (secondary N) is 1. The highest BCUT2D eigenvalue weighted by molar-refractivity contribution is 5.92. The molecule has 0 aliphatic heterocycles. The molecule has 2 N–H and O–H groups in total. The van der Waals surface area contributed by atoms with Crippen LogP contribution in [0.4, 0.5) is 5.69 Å². The Kier molecular flexibility index (Phi) is 4.54. The van der Waals surface area contributed by atoms with Gasteiger partial charge >= 0.3 is 0 Å². The van der Waals surface area contributed by atoms with Gasteiger partial charge in [0, 0.05) is 0 Å². The first-order valence-corrected chi connectivity index (χ1v) is 6.52. The maximum Gasteiger partial charge on any atom is 0.246 e. The topological polar surface area (TPSA) is 89.3 Å². The molecule has 1 aromatic heterocycles. The maximum absolute atomic E-state index is 12.0. The number of carbonyl (C=O) groups is 1. The summed E-state index contributed by atoms with van der Waals surface area (Å²) in [7, 11) is 1.55. The summed E-state index contributed by atoms with van der Waals surface area (Å²) in [6.45, 7) is 3.53. The molecule has 0 fully saturated rings. The molecule has 21 heavy (non-hydrogen) atoms. The van der Waals surface area contributed by atoms with Crippen LogP contribution in [0.15, 0.2) is 24.4 Å². The Labute approximate surface area is 122 Å². The molecule has 112 valence electrons. The summed E-state index contributed by atoms with van der Waals surface area (Å²) in [6.07, 6.45) is 0.830. The van der Waals surface area contributed by atoms with Crippen LogP contribution in [0, 0.1) is 6.92 Å². The predicted octanol–water partition coefficient (Wildman–Crippen LogP) is 1.29. The lowest BCUT2D eigenvalue weighted by Gasteiger charge is -2.10. The number of ether oxygens (including phenoxy) is 1. The SMILES string of the molecule is COc1ccc(C)cc1NC(=O)Cn1cc(C(C)O)nn1. The second-order valence-electron chi connectivity index (χ2n) is 4.77. The van der Waals surface area contributed by atoms with E-state index in [0.29, 0.717) is 17.1 Å². The normalized spacial score (nSPS) is 12.0. The number of methoxy groups -OCH3 is 1. The number of rotatable bonds is 5. The van der Waals surface area contributed by atoms with Crippen LogP contribution in [0.5, 0.6) is 5.75 Å². The zero-order valence-corrected chi connectivity index (χ0v) is 12.2. The van der Waals surface area contributed by atoms with Crippen molar-refractivity contribution in [2.24, 2.45) is 0 Å². The van der Waals surface area contributed by atoms with Crippen molar-refractivity contribution in [3.8, 4) is 5.75 Å². The molecule has 7 nitrogen and oxygen atoms in total. The smallest absolute Gasteiger partial charge is 0.246 e. The zero-order valence-electron chi connectivity index (χ0n) is 12.2. The third-order valence-corrected chi connectivity index (χ3v) is 2.92. The number of aliphatic hydroxyl groups is 1. The molecular formula is C14H18N4O3. The van der Waals surface area contributed by atoms with Gasteiger partial charge in [-0.15, -0.1) is 5.10 Å². The molecular weight excluding hydrogens is 272 g/mol. The molecule has 1 atom stereocenters. The van der Waals surface area contributed by atoms with Gasteiger partial charge in [-0.1, -0.05) is 11.3 Å². The summed E-state index contributed by atoms with van der Waals surface area (Å²) in [4.78, 5) is 12.0. The number of amides is 1. The number of hydrogen-bond donors (Lipinski definition) is 2. The lowest BCUT2D eigenvalue weighted by atomic mass is 10.2. The fourth-order valence-corrected chi connectivity index (χ4v) is 1.84. The molecule has 1 heterocycles. The Hall–Kier alpha value is -2.41. The summed E-state index contributed by atoms with van der Waals surface area (Å²) >= 11 is 0. The molecule has 1 amide bonds. The van der Waals surface area contributed by atoms with Crippen molar-refractivity contribution in [3.63, 3.8) is 0 Å². The van der Waals surface area contributed by atoms with Gasteiger partial charge in [0.25, 0.3) is 0 Å². The van der Waals surface area contributed by atoms with E-state index in [4.69, 9.17) is 4.74 Å². The summed E-state index contributed by atoms with van der Waals surface area (Å²) in [5, 5.41) is 19.7. The van der Waals surface area contributed by atoms with Crippen LogP contribution in [0.3, 0.4) is 0 Å². The monoisotopic (exact) mass is 290 g/mol. The quantitative estimate of drug-likeness (QED) is 0.866. The van der Waals surface area contributed by atoms with E-state index in [2.05, 4.69) is 15.6 Å². The lowest BCUT2D eigenvalue weighted by molar-refractivity contribution is -0.116. The fourth-order valence-electron chi connectivity index (χ4n) is 1.84. The van der Waals surface area contributed by atoms with Crippen molar-refractivity contribution in [1.82, 2.24) is 15.0 Å². The van der Waals surface area contributed by atoms with Crippen LogP contribution in [0.25, 0.3) is 0 Å². The number of benzene rings is 1. The average molecular weight is 290 g/mol. The Balaban J connectivity index is 2.06. The van der Waals surface area contributed by atoms with E-state index in [1.54, 1.807) is 20.1 Å². The van der Waals surface area contributed by atoms with Crippen molar-refractivity contribution in [2.45, 2.75) is 26.5 Å². The maximum atomic E-state index is 12.0. The van der Waals surface area contributed by atoms with E-state index in [1.165, 1.54) is 10.9 Å². The van der Waals surface area contributed by atoms with Gasteiger partial charge in [0.1, 0.15) is 18.0 Å². The molecule has 7 heteroatoms. The number of hydrogen-bond acceptors (Lipinski definition) is 5. The largest absolute Gasteiger partial charge is 0.495 e. The van der Waals surface area contributed by atoms with E-state index >= 15 is 0 Å². The first-order valence-electron chi connectivity index (χ1n) is 6.52. The molecule has 0 saturated heterocycles. The average Bonchev–Trinajstić information content (AvgIpc) is 2.87. The predicted molar refractivity (Wildman–Crippen MR) is 77.0 cm³/mol. The first kappa shape index (κ1) is 15.0. The van der Waals surface area contributed by atoms with Crippen molar-refractivity contribution in [3.05, 3.63) is 35.7 Å². The molecule has 0 aliphatic carbocycles. The third kappa shape index (κ3) is 3.79. The van der Waals surface area contributed by atoms with Crippen molar-refractivity contribution in [1.29, 1.82) is 0 Å². The number of aliphatic hydroxyl groups excluding tert-OH is 1. The highest BCUT2D eigenvalue weighted by Gasteiger charge is 2.11. The number of nitrogens with zero attached hydrogens (tertiary/aromatic N) is 3. The van der Waals surface area contributed by atoms with Crippen LogP contribution in [0.1, 0.15) is 24.3 Å². The minimum Gasteiger partial charge on any atom is -0.495 e. The standard InChI is InChI=1S/C14H18N4O3/c1-9-4-5-13(21-3)11(6-9)15-14(20)8-18-7-12(10(2)19)16-17-18/h4-7,10,19H,8H2,1-3H3,(H,15,20). The second-order valence-corrected chi connectivity index (χ2v) is 4.77. The van der Waals surface area contributed by atoms with E-state index in [9.17, 15) is 9.90 Å². The van der Waals surface area contributed by atoms with Crippen molar-refractivity contribution >= 4 is 11.6 Å². The minimum absolute atomic E-state index is 0.0107. The Morgan fingerprint density at radius 2 is 2.29 bits per heavy atom. The van der Waals surface area contributed by atoms with E-state index in [-0.39, 0.29) is 12.5 Å². The molecule has 0 radical (unpaired) electrons. The van der Waals surface area contributed by atoms with Gasteiger partial charge in [-0.2, -0.15) is 0 Å². The zero-order chi connectivity index (χ0) is 15.4. The first-order chi connectivity index (χ1) is 9.99. The number of carbonyl (C=O) groups excluding carboxylic acids is 1. The van der Waals surface area contributed by atoms with Crippen LogP contribution in [0.2, 0.25) is 0 Å². The van der Waals surface area contributed by atoms with Gasteiger partial charge in [0.15, 0.2) is 0 Å². The Morgan fingerprint density at radius 1 is 1.52 bits per heavy atom. The van der Waals surface area contributed by atoms with Gasteiger partial charge in [-0.25, -0.2) is 4.68 Å². The Bertz CT molecular complexity index is 637. The molecule has 2 rings (SSSR count). The summed E-state index contributed by atoms with van der Waals surface area (Å²) in [6, 6.07) is 5.53. The van der Waals surface area contributed by atoms with Crippen molar-refractivity contribution in [2.75, 3.05) is 12.4 Å². The molecule has 1 unspecified atom stereocenters. The fraction of sp³-hybridized carbons (Fsp3) is 0.357. The molecule has 0 saturated carbocycles. The second kappa shape index (κ2) is 6.36. The molecule has 0 aliphatic rings. The Morgan fingerprint density at radius 3 is 2.90 bits per heavy atom. The molecule has 2 aromatic rings. The number of anilines is 1. The molecule has 0 spiro atoms. The van der Waals surface area contributed by atoms with E-state index < -0.39 is 6.10 Å². The molecule has 0 bridgehead atoms.